The van der Waals surface area contributed by atoms with Crippen LogP contribution in [0.5, 0.6) is 11.5 Å². The highest BCUT2D eigenvalue weighted by molar-refractivity contribution is 5.38. The van der Waals surface area contributed by atoms with Gasteiger partial charge in [-0.2, -0.15) is 0 Å². The van der Waals surface area contributed by atoms with Crippen molar-refractivity contribution in [2.75, 3.05) is 32.8 Å². The summed E-state index contributed by atoms with van der Waals surface area (Å²) < 4.78 is 12.1. The lowest BCUT2D eigenvalue weighted by atomic mass is 9.95. The van der Waals surface area contributed by atoms with Gasteiger partial charge >= 0.3 is 0 Å². The van der Waals surface area contributed by atoms with E-state index >= 15 is 0 Å². The normalized spacial score (nSPS) is 19.0. The van der Waals surface area contributed by atoms with Crippen LogP contribution in [0.15, 0.2) is 42.7 Å². The third kappa shape index (κ3) is 5.96. The summed E-state index contributed by atoms with van der Waals surface area (Å²) in [5.74, 6) is 1.93. The van der Waals surface area contributed by atoms with E-state index in [0.717, 1.165) is 70.2 Å². The molecule has 0 saturated carbocycles. The highest BCUT2D eigenvalue weighted by atomic mass is 16.5. The minimum absolute atomic E-state index is 0.289. The van der Waals surface area contributed by atoms with Crippen LogP contribution in [0.4, 0.5) is 0 Å². The van der Waals surface area contributed by atoms with Gasteiger partial charge in [0.05, 0.1) is 6.20 Å². The SMILES string of the molecule is CC(C)(C)CN1CCOc2ccc(CN3CCC(Oc4cccnc4)CC3)cc2C1. The number of rotatable bonds is 5. The van der Waals surface area contributed by atoms with Gasteiger partial charge in [-0.25, -0.2) is 0 Å². The molecule has 5 heteroatoms. The molecule has 2 aliphatic rings. The second kappa shape index (κ2) is 9.36. The van der Waals surface area contributed by atoms with Gasteiger partial charge < -0.3 is 9.47 Å². The molecule has 2 aromatic rings. The fourth-order valence-corrected chi connectivity index (χ4v) is 4.46. The molecular formula is C25H35N3O2. The lowest BCUT2D eigenvalue weighted by molar-refractivity contribution is 0.0965. The third-order valence-corrected chi connectivity index (χ3v) is 5.76. The van der Waals surface area contributed by atoms with Crippen LogP contribution in [-0.4, -0.2) is 53.7 Å². The Hall–Kier alpha value is -2.11. The first-order chi connectivity index (χ1) is 14.4. The number of pyridine rings is 1. The summed E-state index contributed by atoms with van der Waals surface area (Å²) in [7, 11) is 0. The zero-order valence-electron chi connectivity index (χ0n) is 18.6. The van der Waals surface area contributed by atoms with Gasteiger partial charge in [-0.05, 0) is 48.1 Å². The van der Waals surface area contributed by atoms with Gasteiger partial charge in [-0.3, -0.25) is 14.8 Å². The van der Waals surface area contributed by atoms with E-state index in [-0.39, 0.29) is 6.10 Å². The molecule has 30 heavy (non-hydrogen) atoms. The van der Waals surface area contributed by atoms with Gasteiger partial charge in [-0.1, -0.05) is 26.8 Å². The zero-order valence-corrected chi connectivity index (χ0v) is 18.6. The molecule has 0 N–H and O–H groups in total. The summed E-state index contributed by atoms with van der Waals surface area (Å²) in [6.45, 7) is 13.9. The molecule has 0 radical (unpaired) electrons. The van der Waals surface area contributed by atoms with Crippen LogP contribution in [0.25, 0.3) is 0 Å². The molecule has 1 fully saturated rings. The predicted octanol–water partition coefficient (Wildman–Crippen LogP) is 4.37. The van der Waals surface area contributed by atoms with E-state index < -0.39 is 0 Å². The van der Waals surface area contributed by atoms with E-state index in [0.29, 0.717) is 5.41 Å². The number of hydrogen-bond acceptors (Lipinski definition) is 5. The van der Waals surface area contributed by atoms with Gasteiger partial charge in [0.1, 0.15) is 24.2 Å². The van der Waals surface area contributed by atoms with Gasteiger partial charge in [0.15, 0.2) is 0 Å². The van der Waals surface area contributed by atoms with E-state index in [9.17, 15) is 0 Å². The number of fused-ring (bicyclic) bond motifs is 1. The molecule has 0 aliphatic carbocycles. The van der Waals surface area contributed by atoms with Crippen LogP contribution in [0, 0.1) is 5.41 Å². The molecule has 162 valence electrons. The lowest BCUT2D eigenvalue weighted by Gasteiger charge is -2.32. The molecule has 0 bridgehead atoms. The molecular weight excluding hydrogens is 374 g/mol. The number of likely N-dealkylation sites (tertiary alicyclic amines) is 1. The van der Waals surface area contributed by atoms with E-state index in [1.54, 1.807) is 12.4 Å². The summed E-state index contributed by atoms with van der Waals surface area (Å²) in [6, 6.07) is 10.7. The van der Waals surface area contributed by atoms with Crippen molar-refractivity contribution in [3.05, 3.63) is 53.9 Å². The molecule has 5 nitrogen and oxygen atoms in total. The first-order valence-corrected chi connectivity index (χ1v) is 11.2. The molecule has 0 unspecified atom stereocenters. The quantitative estimate of drug-likeness (QED) is 0.733. The van der Waals surface area contributed by atoms with Crippen molar-refractivity contribution in [3.8, 4) is 11.5 Å². The molecule has 0 spiro atoms. The van der Waals surface area contributed by atoms with Crippen LogP contribution in [0.2, 0.25) is 0 Å². The second-order valence-corrected chi connectivity index (χ2v) is 9.84. The average Bonchev–Trinajstić information content (AvgIpc) is 2.90. The van der Waals surface area contributed by atoms with Crippen molar-refractivity contribution in [1.29, 1.82) is 0 Å². The van der Waals surface area contributed by atoms with E-state index in [4.69, 9.17) is 9.47 Å². The number of ether oxygens (including phenoxy) is 2. The van der Waals surface area contributed by atoms with Crippen LogP contribution in [-0.2, 0) is 13.1 Å². The standard InChI is InChI=1S/C25H35N3O2/c1-25(2,3)19-28-13-14-29-24-7-6-20(15-21(24)18-28)17-27-11-8-22(9-12-27)30-23-5-4-10-26-16-23/h4-7,10,15-16,22H,8-9,11-14,17-19H2,1-3H3. The zero-order chi connectivity index (χ0) is 21.0. The minimum atomic E-state index is 0.289. The summed E-state index contributed by atoms with van der Waals surface area (Å²) in [5, 5.41) is 0. The largest absolute Gasteiger partial charge is 0.492 e. The first-order valence-electron chi connectivity index (χ1n) is 11.2. The van der Waals surface area contributed by atoms with Crippen LogP contribution in [0.3, 0.4) is 0 Å². The van der Waals surface area contributed by atoms with Gasteiger partial charge in [0.2, 0.25) is 0 Å². The monoisotopic (exact) mass is 409 g/mol. The second-order valence-electron chi connectivity index (χ2n) is 9.84. The fourth-order valence-electron chi connectivity index (χ4n) is 4.46. The van der Waals surface area contributed by atoms with Crippen LogP contribution < -0.4 is 9.47 Å². The molecule has 1 saturated heterocycles. The van der Waals surface area contributed by atoms with Crippen molar-refractivity contribution >= 4 is 0 Å². The molecule has 0 amide bonds. The Morgan fingerprint density at radius 2 is 1.93 bits per heavy atom. The number of benzene rings is 1. The van der Waals surface area contributed by atoms with Crippen molar-refractivity contribution in [1.82, 2.24) is 14.8 Å². The molecule has 3 heterocycles. The van der Waals surface area contributed by atoms with Gasteiger partial charge in [0.25, 0.3) is 0 Å². The first kappa shape index (κ1) is 21.1. The maximum atomic E-state index is 6.08. The third-order valence-electron chi connectivity index (χ3n) is 5.76. The van der Waals surface area contributed by atoms with Crippen molar-refractivity contribution in [3.63, 3.8) is 0 Å². The number of hydrogen-bond donors (Lipinski definition) is 0. The Bertz CT molecular complexity index is 811. The summed E-state index contributed by atoms with van der Waals surface area (Å²) in [4.78, 5) is 9.20. The number of piperidine rings is 1. The van der Waals surface area contributed by atoms with Crippen molar-refractivity contribution < 1.29 is 9.47 Å². The molecule has 1 aromatic carbocycles. The topological polar surface area (TPSA) is 37.8 Å². The van der Waals surface area contributed by atoms with Crippen molar-refractivity contribution in [2.24, 2.45) is 5.41 Å². The fraction of sp³-hybridized carbons (Fsp3) is 0.560. The Morgan fingerprint density at radius 3 is 2.67 bits per heavy atom. The van der Waals surface area contributed by atoms with Gasteiger partial charge in [-0.15, -0.1) is 0 Å². The van der Waals surface area contributed by atoms with E-state index in [2.05, 4.69) is 53.8 Å². The van der Waals surface area contributed by atoms with Crippen molar-refractivity contribution in [2.45, 2.75) is 52.8 Å². The Labute approximate surface area is 181 Å². The molecule has 0 atom stereocenters. The molecule has 4 rings (SSSR count). The summed E-state index contributed by atoms with van der Waals surface area (Å²) >= 11 is 0. The smallest absolute Gasteiger partial charge is 0.137 e. The maximum absolute atomic E-state index is 6.08. The Balaban J connectivity index is 1.32. The van der Waals surface area contributed by atoms with E-state index in [1.165, 1.54) is 11.1 Å². The molecule has 2 aliphatic heterocycles. The highest BCUT2D eigenvalue weighted by Gasteiger charge is 2.23. The predicted molar refractivity (Wildman–Crippen MR) is 120 cm³/mol. The lowest BCUT2D eigenvalue weighted by Crippen LogP contribution is -2.37. The average molecular weight is 410 g/mol. The Kier molecular flexibility index (Phi) is 6.59. The summed E-state index contributed by atoms with van der Waals surface area (Å²) in [5.41, 5.74) is 3.00. The molecule has 1 aromatic heterocycles. The Morgan fingerprint density at radius 1 is 1.10 bits per heavy atom. The van der Waals surface area contributed by atoms with Crippen LogP contribution in [0.1, 0.15) is 44.7 Å². The van der Waals surface area contributed by atoms with Crippen LogP contribution >= 0.6 is 0 Å². The maximum Gasteiger partial charge on any atom is 0.137 e. The van der Waals surface area contributed by atoms with E-state index in [1.807, 2.05) is 12.1 Å². The number of aromatic nitrogens is 1. The minimum Gasteiger partial charge on any atom is -0.492 e. The summed E-state index contributed by atoms with van der Waals surface area (Å²) in [6.07, 6.45) is 5.98. The highest BCUT2D eigenvalue weighted by Crippen LogP contribution is 2.27. The van der Waals surface area contributed by atoms with Gasteiger partial charge in [0, 0.05) is 51.0 Å². The number of nitrogens with zero attached hydrogens (tertiary/aromatic N) is 3.